The van der Waals surface area contributed by atoms with Crippen molar-refractivity contribution in [3.05, 3.63) is 60.1 Å². The highest BCUT2D eigenvalue weighted by Crippen LogP contribution is 2.31. The molecule has 0 bridgehead atoms. The molecule has 1 aliphatic carbocycles. The zero-order valence-corrected chi connectivity index (χ0v) is 16.9. The van der Waals surface area contributed by atoms with Crippen LogP contribution in [0.5, 0.6) is 0 Å². The molecule has 4 rings (SSSR count). The number of nitrogens with one attached hydrogen (secondary N) is 1. The molecule has 0 unspecified atom stereocenters. The van der Waals surface area contributed by atoms with Crippen LogP contribution in [0.2, 0.25) is 0 Å². The largest absolute Gasteiger partial charge is 0.398 e. The van der Waals surface area contributed by atoms with Crippen LogP contribution in [0.25, 0.3) is 21.9 Å². The monoisotopic (exact) mass is 397 g/mol. The van der Waals surface area contributed by atoms with E-state index in [0.717, 1.165) is 58.7 Å². The number of aromatic nitrogens is 2. The predicted molar refractivity (Wildman–Crippen MR) is 118 cm³/mol. The Balaban J connectivity index is 1.58. The Kier molecular flexibility index (Phi) is 5.44. The van der Waals surface area contributed by atoms with Crippen LogP contribution in [0.15, 0.2) is 54.5 Å². The standard InChI is InChI=1S/C24H23N5O/c1-15-6-7-27-13-20(15)18-9-19-11-23(28-14-21(19)22(26)10-18)29-24(30)8-16-2-4-17(12-25)5-3-16/h6-11,13-14,17H,2-5,26H2,1H3,(H,28,29,30). The summed E-state index contributed by atoms with van der Waals surface area (Å²) in [6.45, 7) is 2.03. The Morgan fingerprint density at radius 2 is 2.07 bits per heavy atom. The van der Waals surface area contributed by atoms with Gasteiger partial charge in [-0.15, -0.1) is 0 Å². The number of carbonyl (C=O) groups is 1. The molecule has 3 aromatic rings. The van der Waals surface area contributed by atoms with Gasteiger partial charge in [0.1, 0.15) is 5.82 Å². The number of rotatable bonds is 3. The van der Waals surface area contributed by atoms with Crippen molar-refractivity contribution in [3.63, 3.8) is 0 Å². The molecule has 150 valence electrons. The maximum Gasteiger partial charge on any atom is 0.249 e. The van der Waals surface area contributed by atoms with Gasteiger partial charge in [0.25, 0.3) is 0 Å². The van der Waals surface area contributed by atoms with E-state index in [0.29, 0.717) is 11.5 Å². The van der Waals surface area contributed by atoms with Crippen molar-refractivity contribution in [3.8, 4) is 17.2 Å². The predicted octanol–water partition coefficient (Wildman–Crippen LogP) is 4.77. The summed E-state index contributed by atoms with van der Waals surface area (Å²) >= 11 is 0. The number of aryl methyl sites for hydroxylation is 1. The number of nitrogens with zero attached hydrogens (tertiary/aromatic N) is 3. The van der Waals surface area contributed by atoms with Crippen LogP contribution in [0.4, 0.5) is 11.5 Å². The molecule has 0 radical (unpaired) electrons. The molecule has 1 saturated carbocycles. The van der Waals surface area contributed by atoms with Gasteiger partial charge in [0.05, 0.1) is 6.07 Å². The molecule has 30 heavy (non-hydrogen) atoms. The summed E-state index contributed by atoms with van der Waals surface area (Å²) in [5.41, 5.74) is 11.1. The van der Waals surface area contributed by atoms with E-state index in [9.17, 15) is 4.79 Å². The van der Waals surface area contributed by atoms with Gasteiger partial charge >= 0.3 is 0 Å². The van der Waals surface area contributed by atoms with Crippen LogP contribution in [0.1, 0.15) is 31.2 Å². The van der Waals surface area contributed by atoms with E-state index in [-0.39, 0.29) is 11.8 Å². The van der Waals surface area contributed by atoms with Crippen LogP contribution < -0.4 is 11.1 Å². The minimum Gasteiger partial charge on any atom is -0.398 e. The van der Waals surface area contributed by atoms with Crippen molar-refractivity contribution in [1.29, 1.82) is 5.26 Å². The third-order valence-corrected chi connectivity index (χ3v) is 5.62. The normalized spacial score (nSPS) is 16.1. The van der Waals surface area contributed by atoms with Gasteiger partial charge in [0.2, 0.25) is 5.91 Å². The third kappa shape index (κ3) is 4.15. The zero-order chi connectivity index (χ0) is 21.1. The molecule has 3 N–H and O–H groups in total. The van der Waals surface area contributed by atoms with E-state index in [1.54, 1.807) is 18.5 Å². The zero-order valence-electron chi connectivity index (χ0n) is 16.9. The number of allylic oxidation sites excluding steroid dienone is 1. The van der Waals surface area contributed by atoms with Gasteiger partial charge in [-0.2, -0.15) is 5.26 Å². The number of amides is 1. The summed E-state index contributed by atoms with van der Waals surface area (Å²) in [5, 5.41) is 13.6. The van der Waals surface area contributed by atoms with Gasteiger partial charge in [-0.05, 0) is 73.4 Å². The van der Waals surface area contributed by atoms with E-state index in [4.69, 9.17) is 11.0 Å². The molecule has 6 heteroatoms. The number of anilines is 2. The van der Waals surface area contributed by atoms with Gasteiger partial charge in [0, 0.05) is 47.2 Å². The summed E-state index contributed by atoms with van der Waals surface area (Å²) in [6, 6.07) is 10.1. The maximum absolute atomic E-state index is 12.4. The molecule has 0 aliphatic heterocycles. The highest BCUT2D eigenvalue weighted by Gasteiger charge is 2.16. The van der Waals surface area contributed by atoms with Crippen molar-refractivity contribution in [2.45, 2.75) is 32.6 Å². The second-order valence-corrected chi connectivity index (χ2v) is 7.74. The summed E-state index contributed by atoms with van der Waals surface area (Å²) in [5.74, 6) is 0.393. The Hall–Kier alpha value is -3.72. The summed E-state index contributed by atoms with van der Waals surface area (Å²) < 4.78 is 0. The number of nitrogens with two attached hydrogens (primary N) is 1. The lowest BCUT2D eigenvalue weighted by molar-refractivity contribution is -0.112. The van der Waals surface area contributed by atoms with Crippen molar-refractivity contribution < 1.29 is 4.79 Å². The van der Waals surface area contributed by atoms with Crippen LogP contribution in [0.3, 0.4) is 0 Å². The number of hydrogen-bond acceptors (Lipinski definition) is 5. The molecule has 0 saturated heterocycles. The van der Waals surface area contributed by atoms with Crippen LogP contribution in [0, 0.1) is 24.2 Å². The molecule has 2 aromatic heterocycles. The fourth-order valence-electron chi connectivity index (χ4n) is 3.89. The molecule has 1 amide bonds. The topological polar surface area (TPSA) is 105 Å². The molecule has 0 atom stereocenters. The number of carbonyl (C=O) groups excluding carboxylic acids is 1. The first kappa shape index (κ1) is 19.6. The highest BCUT2D eigenvalue weighted by molar-refractivity contribution is 6.02. The van der Waals surface area contributed by atoms with Crippen molar-refractivity contribution in [2.75, 3.05) is 11.1 Å². The van der Waals surface area contributed by atoms with E-state index in [1.807, 2.05) is 37.4 Å². The molecular formula is C24H23N5O. The molecule has 2 heterocycles. The molecule has 1 fully saturated rings. The number of nitriles is 1. The number of benzene rings is 1. The van der Waals surface area contributed by atoms with Gasteiger partial charge in [-0.25, -0.2) is 4.98 Å². The molecule has 1 aliphatic rings. The molecular weight excluding hydrogens is 374 g/mol. The smallest absolute Gasteiger partial charge is 0.249 e. The lowest BCUT2D eigenvalue weighted by Crippen LogP contribution is -2.12. The second-order valence-electron chi connectivity index (χ2n) is 7.74. The van der Waals surface area contributed by atoms with Gasteiger partial charge < -0.3 is 11.1 Å². The average molecular weight is 397 g/mol. The second kappa shape index (κ2) is 8.34. The molecule has 0 spiro atoms. The van der Waals surface area contributed by atoms with Crippen LogP contribution in [-0.2, 0) is 4.79 Å². The van der Waals surface area contributed by atoms with Crippen LogP contribution >= 0.6 is 0 Å². The fraction of sp³-hybridized carbons (Fsp3) is 0.250. The van der Waals surface area contributed by atoms with E-state index in [1.165, 1.54) is 0 Å². The SMILES string of the molecule is Cc1ccncc1-c1cc(N)c2cnc(NC(=O)C=C3CCC(C#N)CC3)cc2c1. The van der Waals surface area contributed by atoms with Crippen molar-refractivity contribution in [1.82, 2.24) is 9.97 Å². The Labute approximate surface area is 175 Å². The van der Waals surface area contributed by atoms with Gasteiger partial charge in [0.15, 0.2) is 0 Å². The van der Waals surface area contributed by atoms with Crippen molar-refractivity contribution >= 4 is 28.2 Å². The maximum atomic E-state index is 12.4. The van der Waals surface area contributed by atoms with Crippen molar-refractivity contribution in [2.24, 2.45) is 5.92 Å². The summed E-state index contributed by atoms with van der Waals surface area (Å²) in [7, 11) is 0. The van der Waals surface area contributed by atoms with E-state index in [2.05, 4.69) is 21.4 Å². The summed E-state index contributed by atoms with van der Waals surface area (Å²) in [4.78, 5) is 21.0. The van der Waals surface area contributed by atoms with Gasteiger partial charge in [-0.3, -0.25) is 9.78 Å². The lowest BCUT2D eigenvalue weighted by atomic mass is 9.86. The minimum absolute atomic E-state index is 0.107. The Morgan fingerprint density at radius 3 is 2.80 bits per heavy atom. The van der Waals surface area contributed by atoms with E-state index >= 15 is 0 Å². The van der Waals surface area contributed by atoms with Crippen LogP contribution in [-0.4, -0.2) is 15.9 Å². The molecule has 1 aromatic carbocycles. The average Bonchev–Trinajstić information content (AvgIpc) is 2.74. The lowest BCUT2D eigenvalue weighted by Gasteiger charge is -2.18. The Morgan fingerprint density at radius 1 is 1.27 bits per heavy atom. The fourth-order valence-corrected chi connectivity index (χ4v) is 3.89. The number of nitrogen functional groups attached to an aromatic ring is 1. The Bertz CT molecular complexity index is 1180. The quantitative estimate of drug-likeness (QED) is 0.489. The first-order chi connectivity index (χ1) is 14.5. The minimum atomic E-state index is -0.195. The number of hydrogen-bond donors (Lipinski definition) is 2. The van der Waals surface area contributed by atoms with Gasteiger partial charge in [-0.1, -0.05) is 5.57 Å². The third-order valence-electron chi connectivity index (χ3n) is 5.62. The first-order valence-electron chi connectivity index (χ1n) is 10.0. The first-order valence-corrected chi connectivity index (χ1v) is 10.0. The highest BCUT2D eigenvalue weighted by atomic mass is 16.1. The number of pyridine rings is 2. The van der Waals surface area contributed by atoms with E-state index < -0.39 is 0 Å². The molecule has 6 nitrogen and oxygen atoms in total. The summed E-state index contributed by atoms with van der Waals surface area (Å²) in [6.07, 6.45) is 10.1. The number of fused-ring (bicyclic) bond motifs is 1.